The number of halogens is 2. The summed E-state index contributed by atoms with van der Waals surface area (Å²) in [6, 6.07) is 19.7. The summed E-state index contributed by atoms with van der Waals surface area (Å²) in [6.45, 7) is 3.28. The summed E-state index contributed by atoms with van der Waals surface area (Å²) in [5.74, 6) is 2.24. The van der Waals surface area contributed by atoms with E-state index in [-0.39, 0.29) is 72.2 Å². The van der Waals surface area contributed by atoms with Gasteiger partial charge >= 0.3 is 5.97 Å². The summed E-state index contributed by atoms with van der Waals surface area (Å²) < 4.78 is 37.4. The zero-order valence-corrected chi connectivity index (χ0v) is 36.6. The second-order valence-corrected chi connectivity index (χ2v) is 14.4. The quantitative estimate of drug-likeness (QED) is 0.0833. The Hall–Kier alpha value is -3.80. The molecule has 11 nitrogen and oxygen atoms in total. The average molecular weight is 979 g/mol. The number of nitrogens with zero attached hydrogens (tertiary/aromatic N) is 2. The van der Waals surface area contributed by atoms with Crippen molar-refractivity contribution in [3.05, 3.63) is 94.0 Å². The Morgan fingerprint density at radius 3 is 2.18 bits per heavy atom. The van der Waals surface area contributed by atoms with Gasteiger partial charge in [0.1, 0.15) is 11.8 Å². The second kappa shape index (κ2) is 17.6. The van der Waals surface area contributed by atoms with Crippen molar-refractivity contribution in [3.8, 4) is 46.0 Å². The predicted octanol–water partition coefficient (Wildman–Crippen LogP) is 6.97. The number of aliphatic carboxylic acids is 1. The summed E-state index contributed by atoms with van der Waals surface area (Å²) in [7, 11) is 8.98. The minimum absolute atomic E-state index is 0. The van der Waals surface area contributed by atoms with Crippen molar-refractivity contribution in [1.82, 2.24) is 4.90 Å². The fraction of sp³-hybridized carbons (Fsp3) is 0.381. The van der Waals surface area contributed by atoms with Gasteiger partial charge in [0.05, 0.1) is 41.5 Å². The van der Waals surface area contributed by atoms with E-state index in [1.54, 1.807) is 21.3 Å². The topological polar surface area (TPSA) is 116 Å². The molecule has 4 aliphatic heterocycles. The molecule has 4 heterocycles. The first-order valence-corrected chi connectivity index (χ1v) is 18.0. The average Bonchev–Trinajstić information content (AvgIpc) is 3.14. The van der Waals surface area contributed by atoms with E-state index >= 15 is 0 Å². The SMILES string of the molecule is COc1ccc2cc1Oc1ccc(cc1)CC1c3cc(c(OC)cc3CC[N+]1(C)CCC(=O)[O-])Oc1c(OC(C)=O)c(OC)cc3c1C(C2)N(C)CC3.I.I. The Balaban J connectivity index is 0.00000290. The number of fused-ring (bicyclic) bond motifs is 2. The summed E-state index contributed by atoms with van der Waals surface area (Å²) in [6.07, 6.45) is 2.59. The number of likely N-dealkylation sites (N-methyl/N-ethyl adjacent to an activating group) is 2. The molecule has 4 aromatic carbocycles. The molecule has 6 bridgehead atoms. The van der Waals surface area contributed by atoms with Crippen molar-refractivity contribution in [2.24, 2.45) is 0 Å². The molecular weight excluding hydrogens is 930 g/mol. The van der Waals surface area contributed by atoms with Gasteiger partial charge in [-0.15, -0.1) is 48.0 Å². The van der Waals surface area contributed by atoms with Crippen LogP contribution in [0.4, 0.5) is 0 Å². The summed E-state index contributed by atoms with van der Waals surface area (Å²) in [4.78, 5) is 26.7. The number of methoxy groups -OCH3 is 3. The number of carbonyl (C=O) groups is 2. The van der Waals surface area contributed by atoms with Gasteiger partial charge in [0.15, 0.2) is 34.5 Å². The maximum atomic E-state index is 12.7. The Morgan fingerprint density at radius 2 is 1.51 bits per heavy atom. The lowest BCUT2D eigenvalue weighted by atomic mass is 9.86. The molecule has 0 amide bonds. The molecule has 4 aromatic rings. The van der Waals surface area contributed by atoms with E-state index in [9.17, 15) is 14.7 Å². The van der Waals surface area contributed by atoms with Gasteiger partial charge in [-0.2, -0.15) is 0 Å². The number of esters is 1. The van der Waals surface area contributed by atoms with Gasteiger partial charge in [0.2, 0.25) is 5.75 Å². The number of benzene rings is 4. The molecular formula is C42H48I2N2O9. The maximum Gasteiger partial charge on any atom is 0.308 e. The minimum Gasteiger partial charge on any atom is -0.550 e. The third-order valence-corrected chi connectivity index (χ3v) is 11.1. The van der Waals surface area contributed by atoms with Crippen LogP contribution in [-0.4, -0.2) is 76.4 Å². The molecule has 294 valence electrons. The van der Waals surface area contributed by atoms with Crippen molar-refractivity contribution in [2.45, 2.75) is 51.1 Å². The summed E-state index contributed by atoms with van der Waals surface area (Å²) in [5, 5.41) is 11.8. The van der Waals surface area contributed by atoms with Gasteiger partial charge in [-0.25, -0.2) is 0 Å². The number of quaternary nitrogens is 1. The van der Waals surface area contributed by atoms with Crippen molar-refractivity contribution in [1.29, 1.82) is 0 Å². The summed E-state index contributed by atoms with van der Waals surface area (Å²) >= 11 is 0. The fourth-order valence-corrected chi connectivity index (χ4v) is 8.18. The standard InChI is InChI=1S/C42H46N2O9.2HI/c1-25(45)51-41-38(50-6)23-29-13-16-43(2)32-19-27-9-12-34(48-4)36(21-27)52-30-10-7-26(8-11-30)20-33-31-24-37(53-42(41)40(29)32)35(49-5)22-28(31)14-17-44(33,3)18-15-39(46)47;;/h7-12,21-24,32-33H,13-20H2,1-6H3;2*1H. The van der Waals surface area contributed by atoms with E-state index in [0.717, 1.165) is 59.3 Å². The molecule has 0 aromatic heterocycles. The van der Waals surface area contributed by atoms with Crippen LogP contribution in [0.25, 0.3) is 0 Å². The zero-order valence-electron chi connectivity index (χ0n) is 32.0. The van der Waals surface area contributed by atoms with Gasteiger partial charge in [-0.1, -0.05) is 18.2 Å². The minimum atomic E-state index is -1.07. The lowest BCUT2D eigenvalue weighted by Crippen LogP contribution is -2.53. The van der Waals surface area contributed by atoms with Gasteiger partial charge < -0.3 is 42.8 Å². The number of hydrogen-bond donors (Lipinski definition) is 0. The number of carboxylic acid groups (broad SMARTS) is 1. The normalized spacial score (nSPS) is 19.7. The van der Waals surface area contributed by atoms with E-state index < -0.39 is 11.9 Å². The zero-order chi connectivity index (χ0) is 37.4. The molecule has 4 aliphatic rings. The molecule has 0 fully saturated rings. The largest absolute Gasteiger partial charge is 0.550 e. The van der Waals surface area contributed by atoms with Crippen LogP contribution in [0, 0.1) is 0 Å². The summed E-state index contributed by atoms with van der Waals surface area (Å²) in [5.41, 5.74) is 6.13. The number of hydrogen-bond acceptors (Lipinski definition) is 10. The number of rotatable bonds is 7. The lowest BCUT2D eigenvalue weighted by molar-refractivity contribution is -0.941. The van der Waals surface area contributed by atoms with Crippen molar-refractivity contribution in [3.63, 3.8) is 0 Å². The molecule has 0 N–H and O–H groups in total. The first-order valence-electron chi connectivity index (χ1n) is 18.0. The molecule has 0 radical (unpaired) electrons. The molecule has 3 atom stereocenters. The van der Waals surface area contributed by atoms with Gasteiger partial charge in [0, 0.05) is 55.9 Å². The van der Waals surface area contributed by atoms with Crippen LogP contribution in [0.3, 0.4) is 0 Å². The molecule has 0 saturated carbocycles. The predicted molar refractivity (Wildman–Crippen MR) is 226 cm³/mol. The first kappa shape index (κ1) is 42.3. The highest BCUT2D eigenvalue weighted by atomic mass is 127. The Morgan fingerprint density at radius 1 is 0.836 bits per heavy atom. The number of carbonyl (C=O) groups excluding carboxylic acids is 2. The van der Waals surface area contributed by atoms with E-state index in [0.29, 0.717) is 64.1 Å². The van der Waals surface area contributed by atoms with E-state index in [2.05, 4.69) is 31.1 Å². The van der Waals surface area contributed by atoms with Crippen molar-refractivity contribution in [2.75, 3.05) is 55.1 Å². The highest BCUT2D eigenvalue weighted by Crippen LogP contribution is 2.52. The Kier molecular flexibility index (Phi) is 13.5. The highest BCUT2D eigenvalue weighted by molar-refractivity contribution is 14.0. The van der Waals surface area contributed by atoms with Crippen molar-refractivity contribution < 1.29 is 47.6 Å². The molecule has 0 spiro atoms. The third-order valence-electron chi connectivity index (χ3n) is 11.1. The maximum absolute atomic E-state index is 12.7. The Bertz CT molecular complexity index is 2060. The smallest absolute Gasteiger partial charge is 0.308 e. The van der Waals surface area contributed by atoms with Gasteiger partial charge in [0.25, 0.3) is 0 Å². The van der Waals surface area contributed by atoms with Gasteiger partial charge in [-0.05, 0) is 84.6 Å². The van der Waals surface area contributed by atoms with Crippen LogP contribution < -0.4 is 33.5 Å². The van der Waals surface area contributed by atoms with E-state index in [1.807, 2.05) is 48.5 Å². The highest BCUT2D eigenvalue weighted by Gasteiger charge is 2.41. The third kappa shape index (κ3) is 8.64. The van der Waals surface area contributed by atoms with Crippen molar-refractivity contribution >= 4 is 59.9 Å². The van der Waals surface area contributed by atoms with Crippen LogP contribution in [0.5, 0.6) is 46.0 Å². The van der Waals surface area contributed by atoms with E-state index in [1.165, 1.54) is 6.92 Å². The van der Waals surface area contributed by atoms with Crippen LogP contribution in [0.1, 0.15) is 58.8 Å². The monoisotopic (exact) mass is 978 g/mol. The number of ether oxygens (including phenoxy) is 6. The lowest BCUT2D eigenvalue weighted by Gasteiger charge is -2.46. The first-order chi connectivity index (χ1) is 25.5. The molecule has 55 heavy (non-hydrogen) atoms. The molecule has 3 unspecified atom stereocenters. The number of carboxylic acids is 1. The molecule has 0 saturated heterocycles. The molecule has 8 rings (SSSR count). The van der Waals surface area contributed by atoms with E-state index in [4.69, 9.17) is 28.4 Å². The Labute approximate surface area is 356 Å². The second-order valence-electron chi connectivity index (χ2n) is 14.4. The van der Waals surface area contributed by atoms with Crippen LogP contribution in [-0.2, 0) is 35.3 Å². The molecule has 0 aliphatic carbocycles. The fourth-order valence-electron chi connectivity index (χ4n) is 8.18. The van der Waals surface area contributed by atoms with Crippen LogP contribution in [0.2, 0.25) is 0 Å². The molecule has 13 heteroatoms. The van der Waals surface area contributed by atoms with Crippen LogP contribution in [0.15, 0.2) is 60.7 Å². The van der Waals surface area contributed by atoms with Gasteiger partial charge in [-0.3, -0.25) is 9.69 Å². The van der Waals surface area contributed by atoms with Crippen LogP contribution >= 0.6 is 48.0 Å².